The maximum atomic E-state index is 9.73. The Hall–Kier alpha value is -0.930. The Bertz CT molecular complexity index is 374. The van der Waals surface area contributed by atoms with Gasteiger partial charge >= 0.3 is 0 Å². The number of aliphatic hydroxyl groups is 1. The minimum atomic E-state index is -0.509. The lowest BCUT2D eigenvalue weighted by molar-refractivity contribution is 0.159. The van der Waals surface area contributed by atoms with Gasteiger partial charge in [0.15, 0.2) is 0 Å². The molecule has 0 amide bonds. The predicted octanol–water partition coefficient (Wildman–Crippen LogP) is 0.876. The molecule has 3 N–H and O–H groups in total. The highest BCUT2D eigenvalue weighted by Crippen LogP contribution is 2.40. The molecule has 1 aromatic heterocycles. The summed E-state index contributed by atoms with van der Waals surface area (Å²) in [5.41, 5.74) is 8.91. The van der Waals surface area contributed by atoms with Crippen LogP contribution in [-0.2, 0) is 6.42 Å². The van der Waals surface area contributed by atoms with E-state index in [1.165, 1.54) is 18.5 Å². The smallest absolute Gasteiger partial charge is 0.0962 e. The van der Waals surface area contributed by atoms with Crippen LogP contribution in [-0.4, -0.2) is 16.1 Å². The standard InChI is InChI=1S/C11H14N2O/c12-8-5-10-7(11(8)14)3-4-9(13-10)6-1-2-6/h3-4,6,8,11,14H,1-2,5,12H2. The molecule has 1 saturated carbocycles. The number of rotatable bonds is 1. The van der Waals surface area contributed by atoms with E-state index in [1.807, 2.05) is 12.1 Å². The molecule has 1 fully saturated rings. The summed E-state index contributed by atoms with van der Waals surface area (Å²) >= 11 is 0. The molecule has 0 radical (unpaired) electrons. The van der Waals surface area contributed by atoms with Gasteiger partial charge in [0, 0.05) is 35.3 Å². The van der Waals surface area contributed by atoms with E-state index in [9.17, 15) is 5.11 Å². The highest BCUT2D eigenvalue weighted by molar-refractivity contribution is 5.33. The van der Waals surface area contributed by atoms with Gasteiger partial charge in [-0.1, -0.05) is 6.07 Å². The van der Waals surface area contributed by atoms with Gasteiger partial charge in [-0.2, -0.15) is 0 Å². The Balaban J connectivity index is 2.00. The summed E-state index contributed by atoms with van der Waals surface area (Å²) in [5.74, 6) is 0.675. The van der Waals surface area contributed by atoms with Crippen molar-refractivity contribution < 1.29 is 5.11 Å². The van der Waals surface area contributed by atoms with E-state index in [0.29, 0.717) is 5.92 Å². The minimum Gasteiger partial charge on any atom is -0.387 e. The van der Waals surface area contributed by atoms with Crippen LogP contribution in [0.3, 0.4) is 0 Å². The van der Waals surface area contributed by atoms with Crippen molar-refractivity contribution in [2.24, 2.45) is 5.73 Å². The maximum absolute atomic E-state index is 9.73. The number of aromatic nitrogens is 1. The topological polar surface area (TPSA) is 59.1 Å². The van der Waals surface area contributed by atoms with E-state index in [-0.39, 0.29) is 6.04 Å². The van der Waals surface area contributed by atoms with Crippen molar-refractivity contribution in [3.05, 3.63) is 29.1 Å². The first-order valence-electron chi connectivity index (χ1n) is 5.19. The van der Waals surface area contributed by atoms with E-state index in [1.54, 1.807) is 0 Å². The number of nitrogens with two attached hydrogens (primary N) is 1. The van der Waals surface area contributed by atoms with Crippen molar-refractivity contribution in [2.45, 2.75) is 37.3 Å². The van der Waals surface area contributed by atoms with Crippen LogP contribution in [0.4, 0.5) is 0 Å². The van der Waals surface area contributed by atoms with Crippen LogP contribution in [0, 0.1) is 0 Å². The van der Waals surface area contributed by atoms with Gasteiger partial charge in [-0.3, -0.25) is 4.98 Å². The zero-order valence-electron chi connectivity index (χ0n) is 7.98. The van der Waals surface area contributed by atoms with Gasteiger partial charge < -0.3 is 10.8 Å². The van der Waals surface area contributed by atoms with Gasteiger partial charge in [-0.25, -0.2) is 0 Å². The van der Waals surface area contributed by atoms with Gasteiger partial charge in [-0.15, -0.1) is 0 Å². The number of aliphatic hydroxyl groups excluding tert-OH is 1. The van der Waals surface area contributed by atoms with Crippen molar-refractivity contribution in [2.75, 3.05) is 0 Å². The van der Waals surface area contributed by atoms with E-state index in [0.717, 1.165) is 17.7 Å². The average molecular weight is 190 g/mol. The summed E-state index contributed by atoms with van der Waals surface area (Å²) in [4.78, 5) is 4.58. The first-order valence-corrected chi connectivity index (χ1v) is 5.19. The largest absolute Gasteiger partial charge is 0.387 e. The lowest BCUT2D eigenvalue weighted by Crippen LogP contribution is -2.24. The fourth-order valence-electron chi connectivity index (χ4n) is 2.13. The summed E-state index contributed by atoms with van der Waals surface area (Å²) in [5, 5.41) is 9.73. The third-order valence-electron chi connectivity index (χ3n) is 3.18. The van der Waals surface area contributed by atoms with E-state index in [4.69, 9.17) is 5.73 Å². The highest BCUT2D eigenvalue weighted by atomic mass is 16.3. The Morgan fingerprint density at radius 2 is 2.14 bits per heavy atom. The van der Waals surface area contributed by atoms with Crippen molar-refractivity contribution in [3.63, 3.8) is 0 Å². The molecular formula is C11H14N2O. The van der Waals surface area contributed by atoms with Crippen LogP contribution in [0.25, 0.3) is 0 Å². The zero-order valence-corrected chi connectivity index (χ0v) is 7.98. The molecule has 3 nitrogen and oxygen atoms in total. The zero-order chi connectivity index (χ0) is 9.71. The number of hydrogen-bond acceptors (Lipinski definition) is 3. The fraction of sp³-hybridized carbons (Fsp3) is 0.545. The SMILES string of the molecule is NC1Cc2nc(C3CC3)ccc2C1O. The molecule has 2 unspecified atom stereocenters. The second kappa shape index (κ2) is 2.78. The number of nitrogens with zero attached hydrogens (tertiary/aromatic N) is 1. The van der Waals surface area contributed by atoms with Crippen molar-refractivity contribution in [1.29, 1.82) is 0 Å². The monoisotopic (exact) mass is 190 g/mol. The molecule has 2 atom stereocenters. The van der Waals surface area contributed by atoms with Crippen LogP contribution in [0.5, 0.6) is 0 Å². The summed E-state index contributed by atoms with van der Waals surface area (Å²) in [6, 6.07) is 3.87. The second-order valence-electron chi connectivity index (χ2n) is 4.36. The normalized spacial score (nSPS) is 30.4. The second-order valence-corrected chi connectivity index (χ2v) is 4.36. The van der Waals surface area contributed by atoms with Crippen molar-refractivity contribution in [1.82, 2.24) is 4.98 Å². The number of fused-ring (bicyclic) bond motifs is 1. The molecule has 1 heterocycles. The minimum absolute atomic E-state index is 0.160. The summed E-state index contributed by atoms with van der Waals surface area (Å²) in [7, 11) is 0. The fourth-order valence-corrected chi connectivity index (χ4v) is 2.13. The van der Waals surface area contributed by atoms with Crippen LogP contribution in [0.1, 0.15) is 41.8 Å². The molecule has 0 spiro atoms. The van der Waals surface area contributed by atoms with Gasteiger partial charge in [0.2, 0.25) is 0 Å². The third kappa shape index (κ3) is 1.16. The molecule has 0 saturated heterocycles. The molecule has 0 bridgehead atoms. The third-order valence-corrected chi connectivity index (χ3v) is 3.18. The first-order chi connectivity index (χ1) is 6.75. The Morgan fingerprint density at radius 1 is 1.36 bits per heavy atom. The van der Waals surface area contributed by atoms with Gasteiger partial charge in [0.25, 0.3) is 0 Å². The lowest BCUT2D eigenvalue weighted by Gasteiger charge is -2.07. The summed E-state index contributed by atoms with van der Waals surface area (Å²) in [6.45, 7) is 0. The van der Waals surface area contributed by atoms with E-state index < -0.39 is 6.10 Å². The summed E-state index contributed by atoms with van der Waals surface area (Å²) in [6.07, 6.45) is 2.74. The van der Waals surface area contributed by atoms with Crippen LogP contribution in [0.2, 0.25) is 0 Å². The predicted molar refractivity (Wildman–Crippen MR) is 52.9 cm³/mol. The van der Waals surface area contributed by atoms with E-state index in [2.05, 4.69) is 4.98 Å². The molecule has 2 aliphatic carbocycles. The summed E-state index contributed by atoms with van der Waals surface area (Å²) < 4.78 is 0. The Kier molecular flexibility index (Phi) is 1.66. The quantitative estimate of drug-likeness (QED) is 0.691. The van der Waals surface area contributed by atoms with Gasteiger partial charge in [-0.05, 0) is 18.9 Å². The molecule has 14 heavy (non-hydrogen) atoms. The van der Waals surface area contributed by atoms with Crippen LogP contribution < -0.4 is 5.73 Å². The average Bonchev–Trinajstić information content (AvgIpc) is 2.96. The molecule has 3 heteroatoms. The molecule has 0 aromatic carbocycles. The molecular weight excluding hydrogens is 176 g/mol. The molecule has 2 aliphatic rings. The first kappa shape index (κ1) is 8.38. The molecule has 74 valence electrons. The number of pyridine rings is 1. The van der Waals surface area contributed by atoms with Crippen molar-refractivity contribution in [3.8, 4) is 0 Å². The number of hydrogen-bond donors (Lipinski definition) is 2. The molecule has 3 rings (SSSR count). The molecule has 1 aromatic rings. The van der Waals surface area contributed by atoms with E-state index >= 15 is 0 Å². The Labute approximate surface area is 83.0 Å². The van der Waals surface area contributed by atoms with Gasteiger partial charge in [0.1, 0.15) is 0 Å². The van der Waals surface area contributed by atoms with Crippen LogP contribution >= 0.6 is 0 Å². The lowest BCUT2D eigenvalue weighted by atomic mass is 10.1. The van der Waals surface area contributed by atoms with Crippen molar-refractivity contribution >= 4 is 0 Å². The maximum Gasteiger partial charge on any atom is 0.0962 e. The van der Waals surface area contributed by atoms with Gasteiger partial charge in [0.05, 0.1) is 6.10 Å². The Morgan fingerprint density at radius 3 is 2.86 bits per heavy atom. The molecule has 0 aliphatic heterocycles. The van der Waals surface area contributed by atoms with Crippen LogP contribution in [0.15, 0.2) is 12.1 Å². The highest BCUT2D eigenvalue weighted by Gasteiger charge is 2.31.